The molecule has 2 amide bonds. The molecule has 25 heavy (non-hydrogen) atoms. The zero-order valence-corrected chi connectivity index (χ0v) is 14.7. The van der Waals surface area contributed by atoms with Crippen molar-refractivity contribution in [3.05, 3.63) is 29.8 Å². The monoisotopic (exact) mass is 346 g/mol. The predicted octanol–water partition coefficient (Wildman–Crippen LogP) is 2.68. The van der Waals surface area contributed by atoms with Gasteiger partial charge >= 0.3 is 5.97 Å². The molecule has 6 nitrogen and oxygen atoms in total. The Hall–Kier alpha value is -2.37. The first-order valence-electron chi connectivity index (χ1n) is 8.89. The SMILES string of the molecule is CCCC(=O)N1CCCC(C(=O)Nc2cccc(CCC(=O)O)c2)C1. The minimum absolute atomic E-state index is 0.0640. The molecule has 6 heteroatoms. The van der Waals surface area contributed by atoms with Crippen molar-refractivity contribution in [3.63, 3.8) is 0 Å². The van der Waals surface area contributed by atoms with Gasteiger partial charge in [-0.25, -0.2) is 0 Å². The van der Waals surface area contributed by atoms with E-state index in [-0.39, 0.29) is 24.2 Å². The summed E-state index contributed by atoms with van der Waals surface area (Å²) in [5.41, 5.74) is 1.55. The van der Waals surface area contributed by atoms with E-state index in [2.05, 4.69) is 5.32 Å². The van der Waals surface area contributed by atoms with Gasteiger partial charge in [-0.2, -0.15) is 0 Å². The molecule has 2 N–H and O–H groups in total. The van der Waals surface area contributed by atoms with Crippen LogP contribution in [0.4, 0.5) is 5.69 Å². The minimum Gasteiger partial charge on any atom is -0.481 e. The van der Waals surface area contributed by atoms with Crippen LogP contribution in [0, 0.1) is 5.92 Å². The van der Waals surface area contributed by atoms with Crippen molar-refractivity contribution in [2.75, 3.05) is 18.4 Å². The second-order valence-corrected chi connectivity index (χ2v) is 6.51. The van der Waals surface area contributed by atoms with Gasteiger partial charge in [-0.3, -0.25) is 14.4 Å². The third-order valence-corrected chi connectivity index (χ3v) is 4.43. The standard InChI is InChI=1S/C19H26N2O4/c1-2-5-17(22)21-11-4-7-15(13-21)19(25)20-16-8-3-6-14(12-16)9-10-18(23)24/h3,6,8,12,15H,2,4-5,7,9-11,13H2,1H3,(H,20,25)(H,23,24). The third-order valence-electron chi connectivity index (χ3n) is 4.43. The van der Waals surface area contributed by atoms with E-state index in [0.717, 1.165) is 31.4 Å². The maximum atomic E-state index is 12.5. The van der Waals surface area contributed by atoms with Gasteiger partial charge in [-0.05, 0) is 43.4 Å². The lowest BCUT2D eigenvalue weighted by Gasteiger charge is -2.32. The lowest BCUT2D eigenvalue weighted by atomic mass is 9.96. The summed E-state index contributed by atoms with van der Waals surface area (Å²) in [7, 11) is 0. The van der Waals surface area contributed by atoms with Gasteiger partial charge in [0.15, 0.2) is 0 Å². The van der Waals surface area contributed by atoms with Crippen LogP contribution in [0.25, 0.3) is 0 Å². The third kappa shape index (κ3) is 5.89. The minimum atomic E-state index is -0.839. The molecule has 0 aliphatic carbocycles. The summed E-state index contributed by atoms with van der Waals surface area (Å²) in [5, 5.41) is 11.7. The zero-order valence-electron chi connectivity index (χ0n) is 14.7. The first-order chi connectivity index (χ1) is 12.0. The second-order valence-electron chi connectivity index (χ2n) is 6.51. The first kappa shape index (κ1) is 19.0. The largest absolute Gasteiger partial charge is 0.481 e. The van der Waals surface area contributed by atoms with E-state index in [0.29, 0.717) is 25.1 Å². The van der Waals surface area contributed by atoms with Gasteiger partial charge in [-0.15, -0.1) is 0 Å². The second kappa shape index (κ2) is 9.20. The summed E-state index contributed by atoms with van der Waals surface area (Å²) in [6.07, 6.45) is 3.46. The number of amides is 2. The number of carbonyl (C=O) groups is 3. The number of anilines is 1. The molecule has 1 aromatic rings. The van der Waals surface area contributed by atoms with Crippen LogP contribution in [0.5, 0.6) is 0 Å². The number of rotatable bonds is 7. The fourth-order valence-corrected chi connectivity index (χ4v) is 3.09. The molecule has 0 radical (unpaired) electrons. The number of piperidine rings is 1. The number of hydrogen-bond donors (Lipinski definition) is 2. The van der Waals surface area contributed by atoms with Gasteiger partial charge in [0, 0.05) is 31.6 Å². The predicted molar refractivity (Wildman–Crippen MR) is 95.2 cm³/mol. The van der Waals surface area contributed by atoms with Crippen molar-refractivity contribution < 1.29 is 19.5 Å². The van der Waals surface area contributed by atoms with Crippen LogP contribution in [-0.4, -0.2) is 40.9 Å². The van der Waals surface area contributed by atoms with Crippen LogP contribution < -0.4 is 5.32 Å². The molecule has 0 aromatic heterocycles. The van der Waals surface area contributed by atoms with Gasteiger partial charge in [0.2, 0.25) is 11.8 Å². The Morgan fingerprint density at radius 3 is 2.80 bits per heavy atom. The van der Waals surface area contributed by atoms with Crippen LogP contribution in [0.3, 0.4) is 0 Å². The van der Waals surface area contributed by atoms with Crippen LogP contribution in [0.15, 0.2) is 24.3 Å². The topological polar surface area (TPSA) is 86.7 Å². The van der Waals surface area contributed by atoms with E-state index in [9.17, 15) is 14.4 Å². The number of aryl methyl sites for hydroxylation is 1. The highest BCUT2D eigenvalue weighted by atomic mass is 16.4. The fourth-order valence-electron chi connectivity index (χ4n) is 3.09. The average molecular weight is 346 g/mol. The maximum absolute atomic E-state index is 12.5. The highest BCUT2D eigenvalue weighted by Crippen LogP contribution is 2.20. The number of carboxylic acid groups (broad SMARTS) is 1. The Morgan fingerprint density at radius 1 is 1.28 bits per heavy atom. The van der Waals surface area contributed by atoms with Gasteiger partial charge in [0.1, 0.15) is 0 Å². The zero-order chi connectivity index (χ0) is 18.2. The van der Waals surface area contributed by atoms with Crippen molar-refractivity contribution in [2.45, 2.75) is 45.4 Å². The van der Waals surface area contributed by atoms with Crippen molar-refractivity contribution in [2.24, 2.45) is 5.92 Å². The molecule has 2 rings (SSSR count). The van der Waals surface area contributed by atoms with Crippen molar-refractivity contribution in [1.82, 2.24) is 4.90 Å². The normalized spacial score (nSPS) is 17.2. The molecule has 1 saturated heterocycles. The van der Waals surface area contributed by atoms with Gasteiger partial charge in [0.05, 0.1) is 5.92 Å². The molecule has 0 saturated carbocycles. The van der Waals surface area contributed by atoms with Crippen molar-refractivity contribution in [1.29, 1.82) is 0 Å². The molecule has 1 aliphatic rings. The lowest BCUT2D eigenvalue weighted by molar-refractivity contribution is -0.137. The number of likely N-dealkylation sites (tertiary alicyclic amines) is 1. The molecule has 0 bridgehead atoms. The molecule has 0 spiro atoms. The van der Waals surface area contributed by atoms with Gasteiger partial charge in [0.25, 0.3) is 0 Å². The fraction of sp³-hybridized carbons (Fsp3) is 0.526. The molecule has 1 aliphatic heterocycles. The highest BCUT2D eigenvalue weighted by Gasteiger charge is 2.28. The van der Waals surface area contributed by atoms with Crippen molar-refractivity contribution in [3.8, 4) is 0 Å². The number of nitrogens with one attached hydrogen (secondary N) is 1. The van der Waals surface area contributed by atoms with E-state index >= 15 is 0 Å². The maximum Gasteiger partial charge on any atom is 0.303 e. The Labute approximate surface area is 148 Å². The summed E-state index contributed by atoms with van der Waals surface area (Å²) < 4.78 is 0. The molecule has 1 aromatic carbocycles. The van der Waals surface area contributed by atoms with E-state index in [1.807, 2.05) is 25.1 Å². The Balaban J connectivity index is 1.93. The number of aliphatic carboxylic acids is 1. The summed E-state index contributed by atoms with van der Waals surface area (Å²) in [4.78, 5) is 37.0. The average Bonchev–Trinajstić information content (AvgIpc) is 2.60. The number of benzene rings is 1. The van der Waals surface area contributed by atoms with E-state index < -0.39 is 5.97 Å². The van der Waals surface area contributed by atoms with Crippen LogP contribution in [0.1, 0.15) is 44.6 Å². The molecular formula is C19H26N2O4. The Bertz CT molecular complexity index is 630. The van der Waals surface area contributed by atoms with E-state index in [1.54, 1.807) is 11.0 Å². The quantitative estimate of drug-likeness (QED) is 0.795. The summed E-state index contributed by atoms with van der Waals surface area (Å²) >= 11 is 0. The smallest absolute Gasteiger partial charge is 0.303 e. The van der Waals surface area contributed by atoms with E-state index in [4.69, 9.17) is 5.11 Å². The van der Waals surface area contributed by atoms with Crippen LogP contribution in [0.2, 0.25) is 0 Å². The molecule has 1 heterocycles. The lowest BCUT2D eigenvalue weighted by Crippen LogP contribution is -2.43. The summed E-state index contributed by atoms with van der Waals surface area (Å²) in [6, 6.07) is 7.27. The number of carboxylic acids is 1. The van der Waals surface area contributed by atoms with Crippen molar-refractivity contribution >= 4 is 23.5 Å². The Morgan fingerprint density at radius 2 is 2.08 bits per heavy atom. The highest BCUT2D eigenvalue weighted by molar-refractivity contribution is 5.93. The van der Waals surface area contributed by atoms with Gasteiger partial charge in [-0.1, -0.05) is 19.1 Å². The molecule has 1 unspecified atom stereocenters. The molecule has 1 atom stereocenters. The number of nitrogens with zero attached hydrogens (tertiary/aromatic N) is 1. The number of hydrogen-bond acceptors (Lipinski definition) is 3. The molecular weight excluding hydrogens is 320 g/mol. The van der Waals surface area contributed by atoms with Crippen LogP contribution >= 0.6 is 0 Å². The number of carbonyl (C=O) groups excluding carboxylic acids is 2. The van der Waals surface area contributed by atoms with E-state index in [1.165, 1.54) is 0 Å². The Kier molecular flexibility index (Phi) is 6.98. The first-order valence-corrected chi connectivity index (χ1v) is 8.89. The molecule has 1 fully saturated rings. The van der Waals surface area contributed by atoms with Crippen LogP contribution in [-0.2, 0) is 20.8 Å². The van der Waals surface area contributed by atoms with Gasteiger partial charge < -0.3 is 15.3 Å². The summed E-state index contributed by atoms with van der Waals surface area (Å²) in [5.74, 6) is -0.995. The summed E-state index contributed by atoms with van der Waals surface area (Å²) in [6.45, 7) is 3.18. The molecule has 136 valence electrons.